The number of fused-ring (bicyclic) bond motifs is 1. The van der Waals surface area contributed by atoms with Crippen molar-refractivity contribution in [2.45, 2.75) is 0 Å². The van der Waals surface area contributed by atoms with Crippen LogP contribution in [0.1, 0.15) is 10.4 Å². The molecule has 0 spiro atoms. The zero-order valence-corrected chi connectivity index (χ0v) is 11.1. The SMILES string of the molecule is O=C(O)C=C1COc2c(cccc2-c2ccccc2)C1=O. The van der Waals surface area contributed by atoms with Crippen molar-refractivity contribution in [3.05, 3.63) is 65.7 Å². The van der Waals surface area contributed by atoms with Crippen LogP contribution in [0.5, 0.6) is 5.75 Å². The number of Topliss-reactive ketones (excluding diaryl/α,β-unsaturated/α-hetero) is 1. The van der Waals surface area contributed by atoms with E-state index in [4.69, 9.17) is 9.84 Å². The van der Waals surface area contributed by atoms with Gasteiger partial charge in [0.1, 0.15) is 12.4 Å². The number of benzene rings is 2. The molecule has 2 aromatic rings. The molecule has 104 valence electrons. The lowest BCUT2D eigenvalue weighted by atomic mass is 9.94. The number of rotatable bonds is 2. The number of carboxylic acid groups (broad SMARTS) is 1. The summed E-state index contributed by atoms with van der Waals surface area (Å²) >= 11 is 0. The number of ether oxygens (including phenoxy) is 1. The van der Waals surface area contributed by atoms with Gasteiger partial charge in [-0.15, -0.1) is 0 Å². The van der Waals surface area contributed by atoms with Crippen molar-refractivity contribution in [1.82, 2.24) is 0 Å². The highest BCUT2D eigenvalue weighted by atomic mass is 16.5. The lowest BCUT2D eigenvalue weighted by Gasteiger charge is -2.21. The molecular formula is C17H12O4. The molecule has 1 aliphatic heterocycles. The number of ketones is 1. The van der Waals surface area contributed by atoms with E-state index in [0.29, 0.717) is 11.3 Å². The molecule has 0 aromatic heterocycles. The normalized spacial score (nSPS) is 15.4. The third-order valence-electron chi connectivity index (χ3n) is 3.31. The minimum atomic E-state index is -1.15. The smallest absolute Gasteiger partial charge is 0.328 e. The van der Waals surface area contributed by atoms with Crippen molar-refractivity contribution < 1.29 is 19.4 Å². The van der Waals surface area contributed by atoms with Crippen molar-refractivity contribution in [3.8, 4) is 16.9 Å². The first kappa shape index (κ1) is 13.1. The molecule has 0 amide bonds. The first-order chi connectivity index (χ1) is 10.2. The van der Waals surface area contributed by atoms with Gasteiger partial charge in [0.05, 0.1) is 5.56 Å². The molecular weight excluding hydrogens is 268 g/mol. The highest BCUT2D eigenvalue weighted by Gasteiger charge is 2.26. The van der Waals surface area contributed by atoms with E-state index in [9.17, 15) is 9.59 Å². The highest BCUT2D eigenvalue weighted by Crippen LogP contribution is 2.37. The second-order valence-electron chi connectivity index (χ2n) is 4.67. The average molecular weight is 280 g/mol. The van der Waals surface area contributed by atoms with Crippen LogP contribution in [0.3, 0.4) is 0 Å². The van der Waals surface area contributed by atoms with Crippen LogP contribution >= 0.6 is 0 Å². The fraction of sp³-hybridized carbons (Fsp3) is 0.0588. The zero-order chi connectivity index (χ0) is 14.8. The lowest BCUT2D eigenvalue weighted by molar-refractivity contribution is -0.131. The summed E-state index contributed by atoms with van der Waals surface area (Å²) in [7, 11) is 0. The summed E-state index contributed by atoms with van der Waals surface area (Å²) in [5.74, 6) is -0.933. The Hall–Kier alpha value is -2.88. The second-order valence-corrected chi connectivity index (χ2v) is 4.67. The molecule has 2 aromatic carbocycles. The Morgan fingerprint density at radius 2 is 1.76 bits per heavy atom. The van der Waals surface area contributed by atoms with E-state index in [2.05, 4.69) is 0 Å². The van der Waals surface area contributed by atoms with Crippen LogP contribution in [0.15, 0.2) is 60.2 Å². The van der Waals surface area contributed by atoms with Crippen molar-refractivity contribution in [3.63, 3.8) is 0 Å². The molecule has 0 unspecified atom stereocenters. The number of carbonyl (C=O) groups is 2. The van der Waals surface area contributed by atoms with Crippen molar-refractivity contribution in [2.24, 2.45) is 0 Å². The summed E-state index contributed by atoms with van der Waals surface area (Å²) < 4.78 is 5.64. The third kappa shape index (κ3) is 2.43. The van der Waals surface area contributed by atoms with Gasteiger partial charge in [-0.2, -0.15) is 0 Å². The molecule has 4 nitrogen and oxygen atoms in total. The number of aliphatic carboxylic acids is 1. The summed E-state index contributed by atoms with van der Waals surface area (Å²) in [6.07, 6.45) is 0.903. The van der Waals surface area contributed by atoms with E-state index in [1.54, 1.807) is 12.1 Å². The second kappa shape index (κ2) is 5.25. The molecule has 0 saturated carbocycles. The van der Waals surface area contributed by atoms with Crippen LogP contribution in [0.25, 0.3) is 11.1 Å². The molecule has 3 rings (SSSR count). The molecule has 4 heteroatoms. The Labute approximate surface area is 121 Å². The number of hydrogen-bond donors (Lipinski definition) is 1. The Bertz CT molecular complexity index is 745. The van der Waals surface area contributed by atoms with Crippen molar-refractivity contribution in [2.75, 3.05) is 6.61 Å². The first-order valence-corrected chi connectivity index (χ1v) is 6.46. The van der Waals surface area contributed by atoms with Crippen molar-refractivity contribution in [1.29, 1.82) is 0 Å². The van der Waals surface area contributed by atoms with Gasteiger partial charge in [0.2, 0.25) is 0 Å². The minimum Gasteiger partial charge on any atom is -0.487 e. The third-order valence-corrected chi connectivity index (χ3v) is 3.31. The Morgan fingerprint density at radius 3 is 2.48 bits per heavy atom. The molecule has 0 saturated heterocycles. The van der Waals surface area contributed by atoms with E-state index in [1.165, 1.54) is 0 Å². The Balaban J connectivity index is 2.10. The highest BCUT2D eigenvalue weighted by molar-refractivity contribution is 6.14. The van der Waals surface area contributed by atoms with Gasteiger partial charge < -0.3 is 9.84 Å². The maximum absolute atomic E-state index is 12.3. The van der Waals surface area contributed by atoms with Gasteiger partial charge >= 0.3 is 5.97 Å². The quantitative estimate of drug-likeness (QED) is 0.859. The Kier molecular flexibility index (Phi) is 3.28. The average Bonchev–Trinajstić information content (AvgIpc) is 2.50. The molecule has 0 aliphatic carbocycles. The number of carbonyl (C=O) groups excluding carboxylic acids is 1. The van der Waals surface area contributed by atoms with Crippen LogP contribution in [0, 0.1) is 0 Å². The van der Waals surface area contributed by atoms with E-state index < -0.39 is 5.97 Å². The molecule has 1 aliphatic rings. The lowest BCUT2D eigenvalue weighted by Crippen LogP contribution is -2.20. The maximum Gasteiger partial charge on any atom is 0.328 e. The van der Waals surface area contributed by atoms with Crippen LogP contribution in [-0.4, -0.2) is 23.5 Å². The minimum absolute atomic E-state index is 0.0258. The zero-order valence-electron chi connectivity index (χ0n) is 11.1. The molecule has 0 atom stereocenters. The number of hydrogen-bond acceptors (Lipinski definition) is 3. The van der Waals surface area contributed by atoms with Gasteiger partial charge in [0.25, 0.3) is 0 Å². The molecule has 0 bridgehead atoms. The largest absolute Gasteiger partial charge is 0.487 e. The van der Waals surface area contributed by atoms with E-state index in [-0.39, 0.29) is 18.0 Å². The topological polar surface area (TPSA) is 63.6 Å². The van der Waals surface area contributed by atoms with Gasteiger partial charge in [-0.05, 0) is 11.6 Å². The molecule has 0 fully saturated rings. The van der Waals surface area contributed by atoms with Gasteiger partial charge in [-0.3, -0.25) is 4.79 Å². The van der Waals surface area contributed by atoms with E-state index in [1.807, 2.05) is 36.4 Å². The number of para-hydroxylation sites is 1. The fourth-order valence-corrected chi connectivity index (χ4v) is 2.36. The summed E-state index contributed by atoms with van der Waals surface area (Å²) in [4.78, 5) is 23.1. The van der Waals surface area contributed by atoms with Gasteiger partial charge in [0.15, 0.2) is 5.78 Å². The summed E-state index contributed by atoms with van der Waals surface area (Å²) in [5.41, 5.74) is 2.33. The standard InChI is InChI=1S/C17H12O4/c18-15(19)9-12-10-21-17-13(11-5-2-1-3-6-11)7-4-8-14(17)16(12)20/h1-9H,10H2,(H,18,19). The van der Waals surface area contributed by atoms with Crippen LogP contribution in [0.2, 0.25) is 0 Å². The van der Waals surface area contributed by atoms with Gasteiger partial charge in [-0.1, -0.05) is 42.5 Å². The van der Waals surface area contributed by atoms with Crippen LogP contribution in [-0.2, 0) is 4.79 Å². The fourth-order valence-electron chi connectivity index (χ4n) is 2.36. The number of carboxylic acids is 1. The molecule has 1 heterocycles. The van der Waals surface area contributed by atoms with Gasteiger partial charge in [-0.25, -0.2) is 4.79 Å². The maximum atomic E-state index is 12.3. The molecule has 1 N–H and O–H groups in total. The van der Waals surface area contributed by atoms with E-state index in [0.717, 1.165) is 17.2 Å². The van der Waals surface area contributed by atoms with Gasteiger partial charge in [0, 0.05) is 17.2 Å². The first-order valence-electron chi connectivity index (χ1n) is 6.46. The molecule has 0 radical (unpaired) electrons. The Morgan fingerprint density at radius 1 is 1.05 bits per heavy atom. The summed E-state index contributed by atoms with van der Waals surface area (Å²) in [6, 6.07) is 14.9. The van der Waals surface area contributed by atoms with Crippen molar-refractivity contribution >= 4 is 11.8 Å². The van der Waals surface area contributed by atoms with Crippen LogP contribution < -0.4 is 4.74 Å². The predicted octanol–water partition coefficient (Wildman–Crippen LogP) is 2.94. The summed E-state index contributed by atoms with van der Waals surface area (Å²) in [5, 5.41) is 8.78. The van der Waals surface area contributed by atoms with E-state index >= 15 is 0 Å². The summed E-state index contributed by atoms with van der Waals surface area (Å²) in [6.45, 7) is -0.0258. The monoisotopic (exact) mass is 280 g/mol. The predicted molar refractivity (Wildman–Crippen MR) is 77.4 cm³/mol. The molecule has 21 heavy (non-hydrogen) atoms. The van der Waals surface area contributed by atoms with Crippen LogP contribution in [0.4, 0.5) is 0 Å².